The lowest BCUT2D eigenvalue weighted by Gasteiger charge is -2.27. The van der Waals surface area contributed by atoms with Gasteiger partial charge in [0.1, 0.15) is 5.58 Å². The van der Waals surface area contributed by atoms with Crippen molar-refractivity contribution in [2.24, 2.45) is 0 Å². The van der Waals surface area contributed by atoms with Crippen LogP contribution in [0, 0.1) is 0 Å². The molecule has 0 saturated carbocycles. The Labute approximate surface area is 306 Å². The van der Waals surface area contributed by atoms with Gasteiger partial charge in [-0.1, -0.05) is 140 Å². The zero-order chi connectivity index (χ0) is 34.9. The van der Waals surface area contributed by atoms with Crippen LogP contribution in [0.15, 0.2) is 199 Å². The van der Waals surface area contributed by atoms with Crippen LogP contribution in [0.2, 0.25) is 0 Å². The first-order chi connectivity index (χ1) is 26.3. The van der Waals surface area contributed by atoms with Gasteiger partial charge in [0.2, 0.25) is 0 Å². The highest BCUT2D eigenvalue weighted by atomic mass is 16.3. The molecule has 11 aromatic rings. The molecular weight excluding hydrogens is 645 g/mol. The van der Waals surface area contributed by atoms with Crippen molar-refractivity contribution in [1.82, 2.24) is 4.57 Å². The normalized spacial score (nSPS) is 11.8. The van der Waals surface area contributed by atoms with E-state index in [0.29, 0.717) is 0 Å². The van der Waals surface area contributed by atoms with Gasteiger partial charge in [-0.2, -0.15) is 0 Å². The van der Waals surface area contributed by atoms with Crippen LogP contribution in [0.5, 0.6) is 0 Å². The summed E-state index contributed by atoms with van der Waals surface area (Å²) in [5.74, 6) is 0. The molecule has 0 amide bonds. The first kappa shape index (κ1) is 29.6. The molecule has 0 N–H and O–H groups in total. The Morgan fingerprint density at radius 3 is 1.81 bits per heavy atom. The van der Waals surface area contributed by atoms with Gasteiger partial charge in [-0.25, -0.2) is 0 Å². The number of benzene rings is 9. The number of nitrogens with zero attached hydrogens (tertiary/aromatic N) is 2. The molecule has 0 spiro atoms. The van der Waals surface area contributed by atoms with Gasteiger partial charge in [0, 0.05) is 38.0 Å². The summed E-state index contributed by atoms with van der Waals surface area (Å²) in [5.41, 5.74) is 10.9. The minimum absolute atomic E-state index is 0.874. The summed E-state index contributed by atoms with van der Waals surface area (Å²) in [6.45, 7) is 0. The third kappa shape index (κ3) is 4.61. The number of fused-ring (bicyclic) bond motifs is 8. The van der Waals surface area contributed by atoms with E-state index in [2.05, 4.69) is 191 Å². The minimum atomic E-state index is 0.874. The van der Waals surface area contributed by atoms with Crippen LogP contribution >= 0.6 is 0 Å². The lowest BCUT2D eigenvalue weighted by Crippen LogP contribution is -2.10. The first-order valence-corrected chi connectivity index (χ1v) is 18.1. The number of rotatable bonds is 5. The Kier molecular flexibility index (Phi) is 6.55. The predicted molar refractivity (Wildman–Crippen MR) is 223 cm³/mol. The molecule has 2 heterocycles. The van der Waals surface area contributed by atoms with Gasteiger partial charge >= 0.3 is 0 Å². The second kappa shape index (κ2) is 11.7. The van der Waals surface area contributed by atoms with Crippen molar-refractivity contribution in [3.8, 4) is 16.8 Å². The van der Waals surface area contributed by atoms with Crippen LogP contribution in [0.25, 0.3) is 82.1 Å². The van der Waals surface area contributed by atoms with E-state index in [9.17, 15) is 0 Å². The van der Waals surface area contributed by atoms with Gasteiger partial charge in [0.15, 0.2) is 5.58 Å². The Hall–Kier alpha value is -7.10. The topological polar surface area (TPSA) is 21.3 Å². The Morgan fingerprint density at radius 1 is 0.377 bits per heavy atom. The van der Waals surface area contributed by atoms with Crippen molar-refractivity contribution in [2.75, 3.05) is 4.90 Å². The number of aromatic nitrogens is 1. The van der Waals surface area contributed by atoms with Crippen LogP contribution in [0.3, 0.4) is 0 Å². The SMILES string of the molecule is c1ccc2c(N(c3ccc(-c4ccc5c(c4)c4ccccc4n5-c4cccc5ccccc45)cc3)c3cccc4c3oc3ccccc34)cccc2c1. The molecule has 0 unspecified atom stereocenters. The number of furan rings is 1. The summed E-state index contributed by atoms with van der Waals surface area (Å²) in [6, 6.07) is 69.7. The smallest absolute Gasteiger partial charge is 0.159 e. The highest BCUT2D eigenvalue weighted by Crippen LogP contribution is 2.45. The summed E-state index contributed by atoms with van der Waals surface area (Å²) < 4.78 is 9.02. The molecule has 3 heteroatoms. The highest BCUT2D eigenvalue weighted by molar-refractivity contribution is 6.13. The van der Waals surface area contributed by atoms with Crippen LogP contribution in [0.1, 0.15) is 0 Å². The molecule has 0 saturated heterocycles. The number of hydrogen-bond acceptors (Lipinski definition) is 2. The van der Waals surface area contributed by atoms with Gasteiger partial charge < -0.3 is 13.9 Å². The van der Waals surface area contributed by atoms with Crippen molar-refractivity contribution in [2.45, 2.75) is 0 Å². The molecule has 3 nitrogen and oxygen atoms in total. The molecule has 0 aliphatic heterocycles. The van der Waals surface area contributed by atoms with E-state index >= 15 is 0 Å². The van der Waals surface area contributed by atoms with Crippen molar-refractivity contribution in [3.63, 3.8) is 0 Å². The van der Waals surface area contributed by atoms with Crippen molar-refractivity contribution in [1.29, 1.82) is 0 Å². The van der Waals surface area contributed by atoms with E-state index in [4.69, 9.17) is 4.42 Å². The van der Waals surface area contributed by atoms with Crippen molar-refractivity contribution in [3.05, 3.63) is 194 Å². The molecule has 0 fully saturated rings. The number of para-hydroxylation sites is 3. The zero-order valence-electron chi connectivity index (χ0n) is 28.8. The molecule has 2 aromatic heterocycles. The van der Waals surface area contributed by atoms with E-state index in [1.807, 2.05) is 12.1 Å². The molecule has 0 aliphatic rings. The molecule has 0 bridgehead atoms. The molecule has 53 heavy (non-hydrogen) atoms. The van der Waals surface area contributed by atoms with E-state index in [0.717, 1.165) is 44.6 Å². The zero-order valence-corrected chi connectivity index (χ0v) is 28.8. The molecule has 248 valence electrons. The lowest BCUT2D eigenvalue weighted by atomic mass is 10.0. The van der Waals surface area contributed by atoms with Crippen LogP contribution < -0.4 is 4.90 Å². The minimum Gasteiger partial charge on any atom is -0.454 e. The molecule has 0 radical (unpaired) electrons. The van der Waals surface area contributed by atoms with Crippen LogP contribution in [-0.2, 0) is 0 Å². The fourth-order valence-electron chi connectivity index (χ4n) is 8.34. The van der Waals surface area contributed by atoms with Crippen LogP contribution in [-0.4, -0.2) is 4.57 Å². The van der Waals surface area contributed by atoms with E-state index in [1.165, 1.54) is 54.6 Å². The van der Waals surface area contributed by atoms with Crippen molar-refractivity contribution < 1.29 is 4.42 Å². The van der Waals surface area contributed by atoms with Gasteiger partial charge in [-0.3, -0.25) is 0 Å². The number of hydrogen-bond donors (Lipinski definition) is 0. The van der Waals surface area contributed by atoms with Crippen LogP contribution in [0.4, 0.5) is 17.1 Å². The third-order valence-corrected chi connectivity index (χ3v) is 10.8. The third-order valence-electron chi connectivity index (χ3n) is 10.8. The second-order valence-electron chi connectivity index (χ2n) is 13.7. The molecule has 11 rings (SSSR count). The average molecular weight is 677 g/mol. The number of anilines is 3. The fraction of sp³-hybridized carbons (Fsp3) is 0. The molecule has 0 atom stereocenters. The predicted octanol–water partition coefficient (Wildman–Crippen LogP) is 14.1. The molecule has 0 aliphatic carbocycles. The maximum absolute atomic E-state index is 6.60. The largest absolute Gasteiger partial charge is 0.454 e. The maximum atomic E-state index is 6.60. The summed E-state index contributed by atoms with van der Waals surface area (Å²) in [5, 5.41) is 9.57. The van der Waals surface area contributed by atoms with Gasteiger partial charge in [-0.05, 0) is 76.5 Å². The molecular formula is C50H32N2O. The van der Waals surface area contributed by atoms with E-state index in [1.54, 1.807) is 0 Å². The van der Waals surface area contributed by atoms with Crippen molar-refractivity contribution >= 4 is 82.4 Å². The van der Waals surface area contributed by atoms with Gasteiger partial charge in [0.25, 0.3) is 0 Å². The average Bonchev–Trinajstić information content (AvgIpc) is 3.77. The Morgan fingerprint density at radius 2 is 0.962 bits per heavy atom. The summed E-state index contributed by atoms with van der Waals surface area (Å²) >= 11 is 0. The Bertz CT molecular complexity index is 3170. The lowest BCUT2D eigenvalue weighted by molar-refractivity contribution is 0.669. The Balaban J connectivity index is 1.07. The second-order valence-corrected chi connectivity index (χ2v) is 13.7. The van der Waals surface area contributed by atoms with E-state index in [-0.39, 0.29) is 0 Å². The van der Waals surface area contributed by atoms with Gasteiger partial charge in [-0.15, -0.1) is 0 Å². The monoisotopic (exact) mass is 676 g/mol. The summed E-state index contributed by atoms with van der Waals surface area (Å²) in [7, 11) is 0. The first-order valence-electron chi connectivity index (χ1n) is 18.1. The summed E-state index contributed by atoms with van der Waals surface area (Å²) in [4.78, 5) is 2.35. The van der Waals surface area contributed by atoms with Gasteiger partial charge in [0.05, 0.1) is 28.1 Å². The summed E-state index contributed by atoms with van der Waals surface area (Å²) in [6.07, 6.45) is 0. The maximum Gasteiger partial charge on any atom is 0.159 e. The highest BCUT2D eigenvalue weighted by Gasteiger charge is 2.21. The fourth-order valence-corrected chi connectivity index (χ4v) is 8.34. The van der Waals surface area contributed by atoms with E-state index < -0.39 is 0 Å². The standard InChI is InChI=1S/C50H32N2O/c1-3-16-38-34(12-1)14-9-22-44(38)51(48-24-11-20-42-41-19-6-8-25-49(41)53-50(42)48)37-29-26-33(27-30-37)36-28-31-47-43(32-36)40-18-5-7-21-46(40)52(47)45-23-10-15-35-13-2-4-17-39(35)45/h1-32H. The quantitative estimate of drug-likeness (QED) is 0.181. The molecule has 9 aromatic carbocycles.